The topological polar surface area (TPSA) is 59.9 Å². The van der Waals surface area contributed by atoms with Crippen LogP contribution in [0.3, 0.4) is 0 Å². The third-order valence-corrected chi connectivity index (χ3v) is 6.44. The first-order chi connectivity index (χ1) is 12.9. The molecule has 1 unspecified atom stereocenters. The van der Waals surface area contributed by atoms with E-state index in [4.69, 9.17) is 14.7 Å². The molecule has 3 aromatic heterocycles. The number of thiophene rings is 1. The number of nitrogens with zero attached hydrogens (tertiary/aromatic N) is 3. The summed E-state index contributed by atoms with van der Waals surface area (Å²) in [4.78, 5) is 16.6. The van der Waals surface area contributed by atoms with Crippen LogP contribution in [-0.2, 0) is 17.6 Å². The van der Waals surface area contributed by atoms with Crippen molar-refractivity contribution in [2.24, 2.45) is 0 Å². The minimum absolute atomic E-state index is 0.288. The Morgan fingerprint density at radius 2 is 2.15 bits per heavy atom. The molecule has 0 amide bonds. The first-order valence-corrected chi connectivity index (χ1v) is 10.3. The molecule has 134 valence electrons. The Morgan fingerprint density at radius 1 is 1.19 bits per heavy atom. The average molecular weight is 366 g/mol. The van der Waals surface area contributed by atoms with Gasteiger partial charge in [-0.25, -0.2) is 9.97 Å². The largest absolute Gasteiger partial charge is 0.376 e. The Bertz CT molecular complexity index is 918. The van der Waals surface area contributed by atoms with Gasteiger partial charge in [-0.1, -0.05) is 0 Å². The predicted molar refractivity (Wildman–Crippen MR) is 105 cm³/mol. The lowest BCUT2D eigenvalue weighted by Gasteiger charge is -2.15. The average Bonchev–Trinajstić information content (AvgIpc) is 3.34. The van der Waals surface area contributed by atoms with Gasteiger partial charge >= 0.3 is 0 Å². The van der Waals surface area contributed by atoms with E-state index < -0.39 is 0 Å². The number of aromatic nitrogens is 3. The summed E-state index contributed by atoms with van der Waals surface area (Å²) < 4.78 is 5.78. The molecule has 4 heterocycles. The number of hydrogen-bond acceptors (Lipinski definition) is 6. The van der Waals surface area contributed by atoms with Gasteiger partial charge in [0, 0.05) is 36.0 Å². The lowest BCUT2D eigenvalue weighted by molar-refractivity contribution is 0.120. The quantitative estimate of drug-likeness (QED) is 0.749. The lowest BCUT2D eigenvalue weighted by Crippen LogP contribution is -2.19. The molecule has 6 heteroatoms. The molecule has 0 bridgehead atoms. The SMILES string of the molecule is c1cncc(-c2nc(NCC3CCCO3)c3c4c(sc3n2)CCCC4)c1. The first kappa shape index (κ1) is 16.1. The number of hydrogen-bond donors (Lipinski definition) is 1. The van der Waals surface area contributed by atoms with Crippen LogP contribution < -0.4 is 5.32 Å². The number of anilines is 1. The fraction of sp³-hybridized carbons (Fsp3) is 0.450. The molecule has 3 aromatic rings. The van der Waals surface area contributed by atoms with Crippen LogP contribution in [0.2, 0.25) is 0 Å². The molecule has 0 saturated carbocycles. The van der Waals surface area contributed by atoms with E-state index in [2.05, 4.69) is 10.3 Å². The summed E-state index contributed by atoms with van der Waals surface area (Å²) in [6, 6.07) is 3.95. The lowest BCUT2D eigenvalue weighted by atomic mass is 9.97. The van der Waals surface area contributed by atoms with Crippen molar-refractivity contribution in [3.05, 3.63) is 35.0 Å². The van der Waals surface area contributed by atoms with E-state index in [9.17, 15) is 0 Å². The second-order valence-corrected chi connectivity index (χ2v) is 8.13. The number of fused-ring (bicyclic) bond motifs is 3. The number of rotatable bonds is 4. The van der Waals surface area contributed by atoms with Crippen molar-refractivity contribution in [3.8, 4) is 11.4 Å². The van der Waals surface area contributed by atoms with Crippen LogP contribution in [-0.4, -0.2) is 34.2 Å². The Morgan fingerprint density at radius 3 is 3.00 bits per heavy atom. The van der Waals surface area contributed by atoms with Crippen LogP contribution in [0.1, 0.15) is 36.1 Å². The molecule has 2 aliphatic rings. The number of ether oxygens (including phenoxy) is 1. The molecule has 0 radical (unpaired) electrons. The maximum absolute atomic E-state index is 5.78. The van der Waals surface area contributed by atoms with Crippen LogP contribution in [0, 0.1) is 0 Å². The van der Waals surface area contributed by atoms with E-state index >= 15 is 0 Å². The molecular weight excluding hydrogens is 344 g/mol. The summed E-state index contributed by atoms with van der Waals surface area (Å²) >= 11 is 1.84. The van der Waals surface area contributed by atoms with Crippen LogP contribution in [0.5, 0.6) is 0 Å². The summed E-state index contributed by atoms with van der Waals surface area (Å²) in [7, 11) is 0. The highest BCUT2D eigenvalue weighted by molar-refractivity contribution is 7.19. The van der Waals surface area contributed by atoms with Gasteiger partial charge in [-0.3, -0.25) is 4.98 Å². The molecule has 26 heavy (non-hydrogen) atoms. The molecule has 0 spiro atoms. The van der Waals surface area contributed by atoms with Gasteiger partial charge in [0.1, 0.15) is 10.6 Å². The number of pyridine rings is 1. The summed E-state index contributed by atoms with van der Waals surface area (Å²) in [5, 5.41) is 4.82. The van der Waals surface area contributed by atoms with E-state index in [-0.39, 0.29) is 6.10 Å². The van der Waals surface area contributed by atoms with Gasteiger partial charge in [0.25, 0.3) is 0 Å². The summed E-state index contributed by atoms with van der Waals surface area (Å²) in [6.45, 7) is 1.68. The Hall–Kier alpha value is -2.05. The van der Waals surface area contributed by atoms with Gasteiger partial charge in [-0.05, 0) is 56.2 Å². The zero-order valence-corrected chi connectivity index (χ0v) is 15.5. The van der Waals surface area contributed by atoms with Crippen molar-refractivity contribution in [2.45, 2.75) is 44.6 Å². The van der Waals surface area contributed by atoms with Gasteiger partial charge in [-0.15, -0.1) is 11.3 Å². The van der Waals surface area contributed by atoms with Crippen LogP contribution >= 0.6 is 11.3 Å². The minimum Gasteiger partial charge on any atom is -0.376 e. The fourth-order valence-corrected chi connectivity index (χ4v) is 5.19. The Kier molecular flexibility index (Phi) is 4.30. The maximum atomic E-state index is 5.78. The van der Waals surface area contributed by atoms with Crippen molar-refractivity contribution in [1.29, 1.82) is 0 Å². The second-order valence-electron chi connectivity index (χ2n) is 7.04. The maximum Gasteiger partial charge on any atom is 0.164 e. The van der Waals surface area contributed by atoms with Crippen LogP contribution in [0.25, 0.3) is 21.6 Å². The highest BCUT2D eigenvalue weighted by Gasteiger charge is 2.23. The molecule has 1 aliphatic heterocycles. The fourth-order valence-electron chi connectivity index (χ4n) is 3.93. The molecular formula is C20H22N4OS. The van der Waals surface area contributed by atoms with Crippen LogP contribution in [0.15, 0.2) is 24.5 Å². The van der Waals surface area contributed by atoms with Gasteiger partial charge in [0.05, 0.1) is 11.5 Å². The van der Waals surface area contributed by atoms with E-state index in [1.54, 1.807) is 6.20 Å². The Balaban J connectivity index is 1.59. The third kappa shape index (κ3) is 2.97. The van der Waals surface area contributed by atoms with E-state index in [0.717, 1.165) is 54.5 Å². The molecule has 0 aromatic carbocycles. The molecule has 1 saturated heterocycles. The molecule has 1 N–H and O–H groups in total. The molecule has 1 atom stereocenters. The zero-order valence-electron chi connectivity index (χ0n) is 14.7. The summed E-state index contributed by atoms with van der Waals surface area (Å²) in [6.07, 6.45) is 11.0. The molecule has 1 aliphatic carbocycles. The van der Waals surface area contributed by atoms with E-state index in [1.807, 2.05) is 29.7 Å². The van der Waals surface area contributed by atoms with Crippen molar-refractivity contribution < 1.29 is 4.74 Å². The molecule has 5 rings (SSSR count). The predicted octanol–water partition coefficient (Wildman–Crippen LogP) is 4.22. The molecule has 1 fully saturated rings. The highest BCUT2D eigenvalue weighted by atomic mass is 32.1. The molecule has 5 nitrogen and oxygen atoms in total. The first-order valence-electron chi connectivity index (χ1n) is 9.46. The van der Waals surface area contributed by atoms with Crippen LogP contribution in [0.4, 0.5) is 5.82 Å². The van der Waals surface area contributed by atoms with E-state index in [0.29, 0.717) is 0 Å². The normalized spacial score (nSPS) is 19.6. The second kappa shape index (κ2) is 6.93. The van der Waals surface area contributed by atoms with Gasteiger partial charge in [0.15, 0.2) is 5.82 Å². The smallest absolute Gasteiger partial charge is 0.164 e. The third-order valence-electron chi connectivity index (χ3n) is 5.26. The number of nitrogens with one attached hydrogen (secondary N) is 1. The summed E-state index contributed by atoms with van der Waals surface area (Å²) in [5.74, 6) is 1.71. The van der Waals surface area contributed by atoms with Crippen molar-refractivity contribution in [2.75, 3.05) is 18.5 Å². The minimum atomic E-state index is 0.288. The Labute approximate surface area is 156 Å². The number of aryl methyl sites for hydroxylation is 2. The van der Waals surface area contributed by atoms with Gasteiger partial charge in [0.2, 0.25) is 0 Å². The summed E-state index contributed by atoms with van der Waals surface area (Å²) in [5.41, 5.74) is 2.42. The highest BCUT2D eigenvalue weighted by Crippen LogP contribution is 2.39. The van der Waals surface area contributed by atoms with Crippen molar-refractivity contribution >= 4 is 27.4 Å². The standard InChI is InChI=1S/C20H22N4OS/c1-2-8-16-15(7-1)17-19(22-12-14-6-4-10-25-14)23-18(24-20(17)26-16)13-5-3-9-21-11-13/h3,5,9,11,14H,1-2,4,6-8,10,12H2,(H,22,23,24). The van der Waals surface area contributed by atoms with Gasteiger partial charge in [-0.2, -0.15) is 0 Å². The zero-order chi connectivity index (χ0) is 17.3. The van der Waals surface area contributed by atoms with Crippen molar-refractivity contribution in [1.82, 2.24) is 15.0 Å². The van der Waals surface area contributed by atoms with Crippen molar-refractivity contribution in [3.63, 3.8) is 0 Å². The van der Waals surface area contributed by atoms with E-state index in [1.165, 1.54) is 35.1 Å². The van der Waals surface area contributed by atoms with Gasteiger partial charge < -0.3 is 10.1 Å². The monoisotopic (exact) mass is 366 g/mol.